The maximum absolute atomic E-state index is 12.4. The Balaban J connectivity index is 1.60. The summed E-state index contributed by atoms with van der Waals surface area (Å²) in [5.41, 5.74) is 1.45. The van der Waals surface area contributed by atoms with Gasteiger partial charge in [-0.25, -0.2) is 0 Å². The summed E-state index contributed by atoms with van der Waals surface area (Å²) in [7, 11) is 0. The Hall–Kier alpha value is -3.02. The molecule has 3 aromatic rings. The van der Waals surface area contributed by atoms with Gasteiger partial charge in [-0.05, 0) is 48.5 Å². The van der Waals surface area contributed by atoms with E-state index >= 15 is 0 Å². The van der Waals surface area contributed by atoms with E-state index in [1.165, 1.54) is 0 Å². The molecule has 2 amide bonds. The molecule has 5 nitrogen and oxygen atoms in total. The van der Waals surface area contributed by atoms with E-state index < -0.39 is 0 Å². The number of hydrogen-bond donors (Lipinski definition) is 2. The summed E-state index contributed by atoms with van der Waals surface area (Å²) in [6.45, 7) is -0.206. The molecule has 0 aliphatic carbocycles. The second kappa shape index (κ2) is 9.26. The third-order valence-corrected chi connectivity index (χ3v) is 4.23. The summed E-state index contributed by atoms with van der Waals surface area (Å²) in [6, 6.07) is 20.3. The molecule has 3 rings (SSSR count). The monoisotopic (exact) mass is 414 g/mol. The molecule has 0 saturated heterocycles. The van der Waals surface area contributed by atoms with Crippen LogP contribution in [0.1, 0.15) is 10.4 Å². The Morgan fingerprint density at radius 3 is 2.29 bits per heavy atom. The first kappa shape index (κ1) is 19.7. The fourth-order valence-corrected chi connectivity index (χ4v) is 2.79. The van der Waals surface area contributed by atoms with Gasteiger partial charge in [-0.2, -0.15) is 0 Å². The van der Waals surface area contributed by atoms with Crippen molar-refractivity contribution in [1.82, 2.24) is 0 Å². The lowest BCUT2D eigenvalue weighted by Gasteiger charge is -2.10. The third-order valence-electron chi connectivity index (χ3n) is 3.69. The number of carbonyl (C=O) groups is 2. The van der Waals surface area contributed by atoms with Crippen LogP contribution in [0.25, 0.3) is 0 Å². The number of nitrogens with one attached hydrogen (secondary N) is 2. The topological polar surface area (TPSA) is 67.4 Å². The molecule has 2 N–H and O–H groups in total. The fraction of sp³-hybridized carbons (Fsp3) is 0.0476. The molecule has 142 valence electrons. The molecule has 0 unspecified atom stereocenters. The molecule has 28 heavy (non-hydrogen) atoms. The number of hydrogen-bond acceptors (Lipinski definition) is 3. The SMILES string of the molecule is O=C(COc1ccccc1Cl)Nc1cccc(C(=O)Nc2cccc(Cl)c2)c1. The Morgan fingerprint density at radius 1 is 0.821 bits per heavy atom. The van der Waals surface area contributed by atoms with Crippen molar-refractivity contribution >= 4 is 46.4 Å². The number of amides is 2. The van der Waals surface area contributed by atoms with Crippen molar-refractivity contribution in [2.24, 2.45) is 0 Å². The molecular weight excluding hydrogens is 399 g/mol. The predicted molar refractivity (Wildman–Crippen MR) is 111 cm³/mol. The van der Waals surface area contributed by atoms with Crippen LogP contribution < -0.4 is 15.4 Å². The Labute approximate surface area is 172 Å². The van der Waals surface area contributed by atoms with Crippen LogP contribution in [0.4, 0.5) is 11.4 Å². The zero-order chi connectivity index (χ0) is 19.9. The largest absolute Gasteiger partial charge is 0.482 e. The van der Waals surface area contributed by atoms with Gasteiger partial charge < -0.3 is 15.4 Å². The zero-order valence-electron chi connectivity index (χ0n) is 14.6. The first-order chi connectivity index (χ1) is 13.5. The summed E-state index contributed by atoms with van der Waals surface area (Å²) < 4.78 is 5.40. The molecule has 0 fully saturated rings. The lowest BCUT2D eigenvalue weighted by molar-refractivity contribution is -0.118. The van der Waals surface area contributed by atoms with Crippen molar-refractivity contribution in [3.05, 3.63) is 88.4 Å². The smallest absolute Gasteiger partial charge is 0.262 e. The van der Waals surface area contributed by atoms with E-state index in [4.69, 9.17) is 27.9 Å². The van der Waals surface area contributed by atoms with Crippen molar-refractivity contribution in [2.45, 2.75) is 0 Å². The van der Waals surface area contributed by atoms with Gasteiger partial charge >= 0.3 is 0 Å². The highest BCUT2D eigenvalue weighted by molar-refractivity contribution is 6.32. The molecule has 0 aromatic heterocycles. The van der Waals surface area contributed by atoms with Gasteiger partial charge in [-0.3, -0.25) is 9.59 Å². The minimum absolute atomic E-state index is 0.206. The number of halogens is 2. The summed E-state index contributed by atoms with van der Waals surface area (Å²) in [6.07, 6.45) is 0. The molecule has 0 aliphatic rings. The fourth-order valence-electron chi connectivity index (χ4n) is 2.41. The molecule has 0 saturated carbocycles. The van der Waals surface area contributed by atoms with Crippen LogP contribution >= 0.6 is 23.2 Å². The number of carbonyl (C=O) groups excluding carboxylic acids is 2. The van der Waals surface area contributed by atoms with Gasteiger partial charge in [-0.15, -0.1) is 0 Å². The molecule has 7 heteroatoms. The van der Waals surface area contributed by atoms with E-state index in [1.54, 1.807) is 72.8 Å². The van der Waals surface area contributed by atoms with Crippen molar-refractivity contribution in [2.75, 3.05) is 17.2 Å². The van der Waals surface area contributed by atoms with E-state index in [1.807, 2.05) is 0 Å². The van der Waals surface area contributed by atoms with Crippen molar-refractivity contribution < 1.29 is 14.3 Å². The highest BCUT2D eigenvalue weighted by Gasteiger charge is 2.10. The molecule has 0 bridgehead atoms. The summed E-state index contributed by atoms with van der Waals surface area (Å²) in [4.78, 5) is 24.5. The lowest BCUT2D eigenvalue weighted by atomic mass is 10.2. The zero-order valence-corrected chi connectivity index (χ0v) is 16.1. The van der Waals surface area contributed by atoms with Gasteiger partial charge in [0, 0.05) is 22.0 Å². The first-order valence-electron chi connectivity index (χ1n) is 8.35. The number of ether oxygens (including phenoxy) is 1. The van der Waals surface area contributed by atoms with Crippen molar-refractivity contribution in [3.63, 3.8) is 0 Å². The molecule has 0 atom stereocenters. The second-order valence-corrected chi connectivity index (χ2v) is 6.66. The van der Waals surface area contributed by atoms with E-state index in [9.17, 15) is 9.59 Å². The first-order valence-corrected chi connectivity index (χ1v) is 9.11. The van der Waals surface area contributed by atoms with E-state index in [0.29, 0.717) is 32.7 Å². The molecular formula is C21H16Cl2N2O3. The summed E-state index contributed by atoms with van der Waals surface area (Å²) >= 11 is 11.9. The molecule has 0 radical (unpaired) electrons. The van der Waals surface area contributed by atoms with Gasteiger partial charge in [0.25, 0.3) is 11.8 Å². The Morgan fingerprint density at radius 2 is 1.54 bits per heavy atom. The van der Waals surface area contributed by atoms with Crippen LogP contribution in [0, 0.1) is 0 Å². The van der Waals surface area contributed by atoms with Crippen molar-refractivity contribution in [1.29, 1.82) is 0 Å². The molecule has 0 heterocycles. The second-order valence-electron chi connectivity index (χ2n) is 5.81. The van der Waals surface area contributed by atoms with Crippen LogP contribution in [-0.2, 0) is 4.79 Å². The van der Waals surface area contributed by atoms with Gasteiger partial charge in [0.1, 0.15) is 5.75 Å². The molecule has 0 spiro atoms. The van der Waals surface area contributed by atoms with E-state index in [-0.39, 0.29) is 18.4 Å². The summed E-state index contributed by atoms with van der Waals surface area (Å²) in [5, 5.41) is 6.40. The standard InChI is InChI=1S/C21H16Cl2N2O3/c22-15-6-4-8-17(12-15)25-21(27)14-5-3-7-16(11-14)24-20(26)13-28-19-10-2-1-9-18(19)23/h1-12H,13H2,(H,24,26)(H,25,27). The predicted octanol–water partition coefficient (Wildman–Crippen LogP) is 5.26. The van der Waals surface area contributed by atoms with Gasteiger partial charge in [0.15, 0.2) is 6.61 Å². The quantitative estimate of drug-likeness (QED) is 0.577. The average molecular weight is 415 g/mol. The van der Waals surface area contributed by atoms with Crippen LogP contribution in [0.15, 0.2) is 72.8 Å². The highest BCUT2D eigenvalue weighted by atomic mass is 35.5. The lowest BCUT2D eigenvalue weighted by Crippen LogP contribution is -2.20. The van der Waals surface area contributed by atoms with Crippen LogP contribution in [-0.4, -0.2) is 18.4 Å². The third kappa shape index (κ3) is 5.49. The minimum atomic E-state index is -0.368. The number of anilines is 2. The maximum atomic E-state index is 12.4. The average Bonchev–Trinajstić information content (AvgIpc) is 2.67. The number of para-hydroxylation sites is 1. The minimum Gasteiger partial charge on any atom is -0.482 e. The molecule has 3 aromatic carbocycles. The van der Waals surface area contributed by atoms with Crippen molar-refractivity contribution in [3.8, 4) is 5.75 Å². The highest BCUT2D eigenvalue weighted by Crippen LogP contribution is 2.23. The Bertz CT molecular complexity index is 1010. The van der Waals surface area contributed by atoms with E-state index in [2.05, 4.69) is 10.6 Å². The maximum Gasteiger partial charge on any atom is 0.262 e. The van der Waals surface area contributed by atoms with E-state index in [0.717, 1.165) is 0 Å². The van der Waals surface area contributed by atoms with Gasteiger partial charge in [0.05, 0.1) is 5.02 Å². The van der Waals surface area contributed by atoms with Gasteiger partial charge in [0.2, 0.25) is 0 Å². The Kier molecular flexibility index (Phi) is 6.53. The van der Waals surface area contributed by atoms with Crippen LogP contribution in [0.3, 0.4) is 0 Å². The normalized spacial score (nSPS) is 10.2. The number of benzene rings is 3. The number of rotatable bonds is 6. The molecule has 0 aliphatic heterocycles. The summed E-state index contributed by atoms with van der Waals surface area (Å²) in [5.74, 6) is -0.257. The van der Waals surface area contributed by atoms with Crippen LogP contribution in [0.5, 0.6) is 5.75 Å². The van der Waals surface area contributed by atoms with Crippen LogP contribution in [0.2, 0.25) is 10.0 Å². The van der Waals surface area contributed by atoms with Gasteiger partial charge in [-0.1, -0.05) is 47.5 Å².